The Kier molecular flexibility index (Phi) is 4.67. The molecule has 3 aromatic rings. The molecule has 156 valence electrons. The molecule has 0 aromatic carbocycles. The molecule has 0 spiro atoms. The zero-order valence-corrected chi connectivity index (χ0v) is 14.3. The molecule has 0 aliphatic heterocycles. The molecule has 0 saturated heterocycles. The number of pyridine rings is 1. The van der Waals surface area contributed by atoms with Crippen LogP contribution in [-0.4, -0.2) is 31.3 Å². The highest BCUT2D eigenvalue weighted by Gasteiger charge is 2.57. The van der Waals surface area contributed by atoms with Gasteiger partial charge in [-0.15, -0.1) is 0 Å². The van der Waals surface area contributed by atoms with Crippen LogP contribution < -0.4 is 5.56 Å². The van der Waals surface area contributed by atoms with Crippen LogP contribution in [0.15, 0.2) is 35.5 Å². The lowest BCUT2D eigenvalue weighted by Gasteiger charge is -2.19. The lowest BCUT2D eigenvalue weighted by Crippen LogP contribution is -2.40. The lowest BCUT2D eigenvalue weighted by molar-refractivity contribution is -0.287. The minimum atomic E-state index is -5.88. The summed E-state index contributed by atoms with van der Waals surface area (Å²) < 4.78 is 105. The number of nitrogens with zero attached hydrogens (tertiary/aromatic N) is 4. The van der Waals surface area contributed by atoms with Gasteiger partial charge < -0.3 is 0 Å². The van der Waals surface area contributed by atoms with Gasteiger partial charge in [0, 0.05) is 18.0 Å². The van der Waals surface area contributed by atoms with Gasteiger partial charge in [0.25, 0.3) is 5.56 Å². The molecule has 13 heteroatoms. The smallest absolute Gasteiger partial charge is 0.268 e. The normalized spacial score (nSPS) is 13.3. The van der Waals surface area contributed by atoms with E-state index in [0.29, 0.717) is 18.0 Å². The van der Waals surface area contributed by atoms with E-state index in [1.165, 1.54) is 18.3 Å². The topological polar surface area (TPSA) is 52.2 Å². The average molecular weight is 426 g/mol. The summed E-state index contributed by atoms with van der Waals surface area (Å²) in [5.41, 5.74) is -4.17. The van der Waals surface area contributed by atoms with E-state index in [0.717, 1.165) is 4.40 Å². The van der Waals surface area contributed by atoms with Crippen LogP contribution in [0.25, 0.3) is 16.8 Å². The van der Waals surface area contributed by atoms with E-state index in [1.54, 1.807) is 6.92 Å². The quantitative estimate of drug-likeness (QED) is 0.594. The second-order valence-electron chi connectivity index (χ2n) is 6.20. The maximum Gasteiger partial charge on any atom is 0.455 e. The molecule has 0 fully saturated rings. The van der Waals surface area contributed by atoms with Gasteiger partial charge in [0.2, 0.25) is 0 Å². The molecular formula is C16H10F8N4O. The number of aromatic nitrogens is 4. The predicted octanol–water partition coefficient (Wildman–Crippen LogP) is 4.08. The van der Waals surface area contributed by atoms with Gasteiger partial charge in [-0.1, -0.05) is 6.07 Å². The largest absolute Gasteiger partial charge is 0.455 e. The van der Waals surface area contributed by atoms with Crippen LogP contribution in [0.1, 0.15) is 11.3 Å². The van der Waals surface area contributed by atoms with E-state index in [2.05, 4.69) is 10.1 Å². The van der Waals surface area contributed by atoms with Crippen molar-refractivity contribution in [2.24, 2.45) is 0 Å². The monoisotopic (exact) mass is 426 g/mol. The lowest BCUT2D eigenvalue weighted by atomic mass is 10.1. The summed E-state index contributed by atoms with van der Waals surface area (Å²) in [6.07, 6.45) is -8.64. The third kappa shape index (κ3) is 3.80. The Balaban J connectivity index is 2.19. The van der Waals surface area contributed by atoms with Gasteiger partial charge in [0.1, 0.15) is 12.2 Å². The first-order valence-electron chi connectivity index (χ1n) is 7.78. The Morgan fingerprint density at radius 1 is 1.00 bits per heavy atom. The van der Waals surface area contributed by atoms with Crippen LogP contribution in [0.5, 0.6) is 0 Å². The molecule has 0 unspecified atom stereocenters. The molecule has 0 aliphatic rings. The van der Waals surface area contributed by atoms with Crippen molar-refractivity contribution >= 4 is 5.65 Å². The second-order valence-corrected chi connectivity index (χ2v) is 6.20. The van der Waals surface area contributed by atoms with E-state index in [-0.39, 0.29) is 10.3 Å². The summed E-state index contributed by atoms with van der Waals surface area (Å²) in [5, 5.41) is 3.25. The number of aryl methyl sites for hydroxylation is 1. The summed E-state index contributed by atoms with van der Waals surface area (Å²) >= 11 is 0. The molecule has 0 atom stereocenters. The highest BCUT2D eigenvalue weighted by atomic mass is 19.4. The molecule has 0 saturated carbocycles. The fraction of sp³-hybridized carbons (Fsp3) is 0.312. The fourth-order valence-electron chi connectivity index (χ4n) is 2.58. The number of alkyl halides is 8. The van der Waals surface area contributed by atoms with Crippen LogP contribution in [0, 0.1) is 6.92 Å². The number of rotatable bonds is 3. The number of fused-ring (bicyclic) bond motifs is 1. The molecule has 0 aliphatic carbocycles. The first-order chi connectivity index (χ1) is 13.2. The third-order valence-electron chi connectivity index (χ3n) is 3.94. The SMILES string of the molecule is Cc1ccc2nc(C(F)(F)F)c(-c3cnn(CC(F)(F)C(F)(F)F)c3)c(=O)n2c1. The van der Waals surface area contributed by atoms with Gasteiger partial charge in [-0.3, -0.25) is 13.9 Å². The average Bonchev–Trinajstić information content (AvgIpc) is 3.00. The molecule has 3 heterocycles. The molecule has 3 rings (SSSR count). The van der Waals surface area contributed by atoms with Gasteiger partial charge in [0.15, 0.2) is 5.69 Å². The number of halogens is 8. The Morgan fingerprint density at radius 3 is 2.24 bits per heavy atom. The minimum Gasteiger partial charge on any atom is -0.268 e. The van der Waals surface area contributed by atoms with Gasteiger partial charge in [-0.05, 0) is 18.6 Å². The predicted molar refractivity (Wildman–Crippen MR) is 83.4 cm³/mol. The summed E-state index contributed by atoms with van der Waals surface area (Å²) in [6, 6.07) is 2.61. The van der Waals surface area contributed by atoms with Crippen LogP contribution in [0.3, 0.4) is 0 Å². The molecule has 29 heavy (non-hydrogen) atoms. The third-order valence-corrected chi connectivity index (χ3v) is 3.94. The first kappa shape index (κ1) is 20.7. The van der Waals surface area contributed by atoms with Crippen molar-refractivity contribution in [2.45, 2.75) is 31.7 Å². The van der Waals surface area contributed by atoms with E-state index in [4.69, 9.17) is 0 Å². The summed E-state index contributed by atoms with van der Waals surface area (Å²) in [4.78, 5) is 16.1. The van der Waals surface area contributed by atoms with Crippen molar-refractivity contribution in [3.05, 3.63) is 52.3 Å². The molecule has 3 aromatic heterocycles. The van der Waals surface area contributed by atoms with Crippen molar-refractivity contribution in [1.82, 2.24) is 19.2 Å². The van der Waals surface area contributed by atoms with Gasteiger partial charge in [-0.2, -0.15) is 40.2 Å². The zero-order valence-electron chi connectivity index (χ0n) is 14.3. The Hall–Kier alpha value is -2.99. The van der Waals surface area contributed by atoms with E-state index in [9.17, 15) is 39.9 Å². The molecule has 0 radical (unpaired) electrons. The standard InChI is InChI=1S/C16H10F8N4O/c1-8-2-3-10-26-12(15(19,20)21)11(13(29)28(10)5-8)9-4-25-27(6-9)7-14(17,18)16(22,23)24/h2-6H,7H2,1H3. The van der Waals surface area contributed by atoms with E-state index >= 15 is 0 Å². The van der Waals surface area contributed by atoms with Gasteiger partial charge >= 0.3 is 18.3 Å². The van der Waals surface area contributed by atoms with Crippen molar-refractivity contribution in [2.75, 3.05) is 0 Å². The zero-order chi connectivity index (χ0) is 21.8. The maximum absolute atomic E-state index is 13.4. The fourth-order valence-corrected chi connectivity index (χ4v) is 2.58. The molecule has 0 bridgehead atoms. The van der Waals surface area contributed by atoms with Crippen molar-refractivity contribution in [3.8, 4) is 11.1 Å². The molecular weight excluding hydrogens is 416 g/mol. The highest BCUT2D eigenvalue weighted by molar-refractivity contribution is 5.66. The van der Waals surface area contributed by atoms with Crippen LogP contribution in [0.2, 0.25) is 0 Å². The van der Waals surface area contributed by atoms with E-state index < -0.39 is 47.2 Å². The molecule has 0 N–H and O–H groups in total. The summed E-state index contributed by atoms with van der Waals surface area (Å²) in [7, 11) is 0. The number of hydrogen-bond acceptors (Lipinski definition) is 3. The van der Waals surface area contributed by atoms with Crippen LogP contribution in [0.4, 0.5) is 35.1 Å². The number of hydrogen-bond donors (Lipinski definition) is 0. The summed E-state index contributed by atoms with van der Waals surface area (Å²) in [6.45, 7) is -0.389. The Labute approximate surface area is 156 Å². The van der Waals surface area contributed by atoms with Crippen LogP contribution in [-0.2, 0) is 12.7 Å². The maximum atomic E-state index is 13.4. The Morgan fingerprint density at radius 2 is 1.66 bits per heavy atom. The van der Waals surface area contributed by atoms with Gasteiger partial charge in [0.05, 0.1) is 11.8 Å². The van der Waals surface area contributed by atoms with Gasteiger partial charge in [-0.25, -0.2) is 4.98 Å². The van der Waals surface area contributed by atoms with Crippen molar-refractivity contribution < 1.29 is 35.1 Å². The van der Waals surface area contributed by atoms with Crippen molar-refractivity contribution in [3.63, 3.8) is 0 Å². The molecule has 0 amide bonds. The second kappa shape index (κ2) is 6.52. The van der Waals surface area contributed by atoms with E-state index in [1.807, 2.05) is 0 Å². The molecule has 5 nitrogen and oxygen atoms in total. The highest BCUT2D eigenvalue weighted by Crippen LogP contribution is 2.37. The summed E-state index contributed by atoms with van der Waals surface area (Å²) in [5.74, 6) is -5.17. The Bertz CT molecular complexity index is 1130. The van der Waals surface area contributed by atoms with Crippen molar-refractivity contribution in [1.29, 1.82) is 0 Å². The minimum absolute atomic E-state index is 0.119. The van der Waals surface area contributed by atoms with Crippen LogP contribution >= 0.6 is 0 Å². The first-order valence-corrected chi connectivity index (χ1v) is 7.78.